The maximum Gasteiger partial charge on any atom is 0.344 e. The number of benzene rings is 3. The van der Waals surface area contributed by atoms with Crippen molar-refractivity contribution >= 4 is 39.8 Å². The zero-order valence-corrected chi connectivity index (χ0v) is 18.9. The van der Waals surface area contributed by atoms with E-state index in [0.29, 0.717) is 16.9 Å². The van der Waals surface area contributed by atoms with Crippen molar-refractivity contribution in [1.82, 2.24) is 19.3 Å². The molecule has 0 saturated carbocycles. The SMILES string of the molecule is Cc1nc2c(C(O)=S)cc(-c3ccc(-c4ccccc4-c4nc(=O)s[nH]4)cc3)c(C)c2[nH]1. The highest BCUT2D eigenvalue weighted by Gasteiger charge is 2.17. The number of fused-ring (bicyclic) bond motifs is 1. The smallest absolute Gasteiger partial charge is 0.344 e. The topological polar surface area (TPSA) is 94.7 Å². The summed E-state index contributed by atoms with van der Waals surface area (Å²) >= 11 is 6.05. The molecule has 158 valence electrons. The lowest BCUT2D eigenvalue weighted by atomic mass is 9.93. The molecule has 5 rings (SSSR count). The van der Waals surface area contributed by atoms with Crippen LogP contribution in [0.5, 0.6) is 0 Å². The van der Waals surface area contributed by atoms with E-state index in [4.69, 9.17) is 12.2 Å². The summed E-state index contributed by atoms with van der Waals surface area (Å²) in [6.45, 7) is 3.91. The molecule has 3 N–H and O–H groups in total. The lowest BCUT2D eigenvalue weighted by Gasteiger charge is -2.12. The Hall–Kier alpha value is -3.62. The molecule has 0 saturated heterocycles. The first kappa shape index (κ1) is 20.3. The Morgan fingerprint density at radius 1 is 0.969 bits per heavy atom. The summed E-state index contributed by atoms with van der Waals surface area (Å²) in [5.74, 6) is 1.33. The Morgan fingerprint density at radius 2 is 1.62 bits per heavy atom. The van der Waals surface area contributed by atoms with Gasteiger partial charge in [-0.3, -0.25) is 9.17 Å². The normalized spacial score (nSPS) is 11.2. The van der Waals surface area contributed by atoms with Gasteiger partial charge in [-0.1, -0.05) is 48.5 Å². The van der Waals surface area contributed by atoms with Gasteiger partial charge in [0.15, 0.2) is 10.9 Å². The summed E-state index contributed by atoms with van der Waals surface area (Å²) < 4.78 is 2.99. The predicted octanol–water partition coefficient (Wildman–Crippen LogP) is 5.56. The number of aliphatic hydroxyl groups excluding tert-OH is 1. The highest BCUT2D eigenvalue weighted by Crippen LogP contribution is 2.35. The van der Waals surface area contributed by atoms with Crippen LogP contribution in [-0.4, -0.2) is 29.5 Å². The lowest BCUT2D eigenvalue weighted by molar-refractivity contribution is 0.571. The third-order valence-corrected chi connectivity index (χ3v) is 6.28. The molecule has 0 aliphatic carbocycles. The van der Waals surface area contributed by atoms with Crippen molar-refractivity contribution in [3.8, 4) is 33.6 Å². The number of nitrogens with zero attached hydrogens (tertiary/aromatic N) is 2. The van der Waals surface area contributed by atoms with Crippen molar-refractivity contribution in [2.24, 2.45) is 0 Å². The van der Waals surface area contributed by atoms with Gasteiger partial charge in [0.25, 0.3) is 0 Å². The minimum Gasteiger partial charge on any atom is -0.498 e. The van der Waals surface area contributed by atoms with Crippen molar-refractivity contribution < 1.29 is 5.11 Å². The fourth-order valence-electron chi connectivity index (χ4n) is 3.99. The number of aromatic nitrogens is 4. The first-order valence-electron chi connectivity index (χ1n) is 9.91. The molecule has 0 amide bonds. The molecule has 5 aromatic rings. The predicted molar refractivity (Wildman–Crippen MR) is 132 cm³/mol. The fraction of sp³-hybridized carbons (Fsp3) is 0.0833. The van der Waals surface area contributed by atoms with Crippen LogP contribution in [0.3, 0.4) is 0 Å². The Morgan fingerprint density at radius 3 is 2.25 bits per heavy atom. The number of H-pyrrole nitrogens is 2. The van der Waals surface area contributed by atoms with E-state index < -0.39 is 0 Å². The van der Waals surface area contributed by atoms with Crippen LogP contribution < -0.4 is 4.87 Å². The Balaban J connectivity index is 1.62. The summed E-state index contributed by atoms with van der Waals surface area (Å²) in [6.07, 6.45) is 0. The highest BCUT2D eigenvalue weighted by atomic mass is 32.1. The first-order chi connectivity index (χ1) is 15.4. The second-order valence-electron chi connectivity index (χ2n) is 7.50. The average molecular weight is 459 g/mol. The minimum absolute atomic E-state index is 0.175. The van der Waals surface area contributed by atoms with E-state index in [1.54, 1.807) is 0 Å². The van der Waals surface area contributed by atoms with Crippen molar-refractivity contribution in [3.63, 3.8) is 0 Å². The van der Waals surface area contributed by atoms with Gasteiger partial charge in [-0.15, -0.1) is 0 Å². The molecule has 0 aliphatic heterocycles. The van der Waals surface area contributed by atoms with Gasteiger partial charge in [0.2, 0.25) is 0 Å². The molecule has 2 aromatic heterocycles. The van der Waals surface area contributed by atoms with Crippen LogP contribution in [0.1, 0.15) is 17.0 Å². The van der Waals surface area contributed by atoms with E-state index in [0.717, 1.165) is 56.3 Å². The van der Waals surface area contributed by atoms with E-state index in [-0.39, 0.29) is 9.92 Å². The third-order valence-electron chi connectivity index (χ3n) is 5.50. The summed E-state index contributed by atoms with van der Waals surface area (Å²) in [6, 6.07) is 17.9. The largest absolute Gasteiger partial charge is 0.498 e. The van der Waals surface area contributed by atoms with Crippen LogP contribution in [0.25, 0.3) is 44.7 Å². The van der Waals surface area contributed by atoms with Gasteiger partial charge >= 0.3 is 4.87 Å². The third kappa shape index (κ3) is 3.43. The van der Waals surface area contributed by atoms with Gasteiger partial charge < -0.3 is 10.1 Å². The van der Waals surface area contributed by atoms with E-state index in [2.05, 4.69) is 19.3 Å². The van der Waals surface area contributed by atoms with Crippen LogP contribution in [0.15, 0.2) is 59.4 Å². The number of imidazole rings is 1. The molecule has 0 aliphatic rings. The number of aryl methyl sites for hydroxylation is 2. The van der Waals surface area contributed by atoms with Crippen molar-refractivity contribution in [2.45, 2.75) is 13.8 Å². The second kappa shape index (κ2) is 7.81. The molecule has 0 atom stereocenters. The average Bonchev–Trinajstić information content (AvgIpc) is 3.40. The monoisotopic (exact) mass is 458 g/mol. The van der Waals surface area contributed by atoms with Crippen molar-refractivity contribution in [3.05, 3.63) is 81.2 Å². The molecule has 0 fully saturated rings. The summed E-state index contributed by atoms with van der Waals surface area (Å²) in [5.41, 5.74) is 7.95. The molecule has 32 heavy (non-hydrogen) atoms. The highest BCUT2D eigenvalue weighted by molar-refractivity contribution is 7.80. The fourth-order valence-corrected chi connectivity index (χ4v) is 4.62. The molecule has 0 radical (unpaired) electrons. The Labute approximate surface area is 192 Å². The van der Waals surface area contributed by atoms with Crippen molar-refractivity contribution in [1.29, 1.82) is 0 Å². The standard InChI is InChI=1S/C24H18N4O2S2/c1-12-18(11-19(23(29)31)21-20(12)25-13(2)26-21)15-9-7-14(8-10-15)16-5-3-4-6-17(16)22-27-24(30)32-28-22/h3-11H,1-2H3,(H,25,26)(H,29,31)(H,27,28,30). The van der Waals surface area contributed by atoms with Crippen LogP contribution in [0, 0.1) is 13.8 Å². The van der Waals surface area contributed by atoms with Crippen molar-refractivity contribution in [2.75, 3.05) is 0 Å². The van der Waals surface area contributed by atoms with Gasteiger partial charge in [-0.25, -0.2) is 4.98 Å². The number of aromatic amines is 2. The first-order valence-corrected chi connectivity index (χ1v) is 11.1. The zero-order valence-electron chi connectivity index (χ0n) is 17.3. The number of rotatable bonds is 4. The quantitative estimate of drug-likeness (QED) is 0.307. The van der Waals surface area contributed by atoms with Crippen LogP contribution in [-0.2, 0) is 0 Å². The van der Waals surface area contributed by atoms with Crippen LogP contribution in [0.4, 0.5) is 0 Å². The van der Waals surface area contributed by atoms with Gasteiger partial charge in [0.05, 0.1) is 11.1 Å². The molecule has 0 spiro atoms. The summed E-state index contributed by atoms with van der Waals surface area (Å²) in [4.78, 5) is 23.1. The van der Waals surface area contributed by atoms with Gasteiger partial charge in [0.1, 0.15) is 11.3 Å². The lowest BCUT2D eigenvalue weighted by Crippen LogP contribution is -1.99. The number of thiocarbonyl (C=S) groups is 1. The molecular formula is C24H18N4O2S2. The summed E-state index contributed by atoms with van der Waals surface area (Å²) in [5, 5.41) is 9.90. The maximum atomic E-state index is 11.6. The molecule has 8 heteroatoms. The molecule has 2 heterocycles. The summed E-state index contributed by atoms with van der Waals surface area (Å²) in [7, 11) is 0. The van der Waals surface area contributed by atoms with Gasteiger partial charge in [0, 0.05) is 17.1 Å². The minimum atomic E-state index is -0.248. The molecule has 6 nitrogen and oxygen atoms in total. The molecule has 0 bridgehead atoms. The molecule has 3 aromatic carbocycles. The number of hydrogen-bond donors (Lipinski definition) is 3. The second-order valence-corrected chi connectivity index (χ2v) is 8.65. The number of aliphatic hydroxyl groups is 1. The van der Waals surface area contributed by atoms with E-state index in [1.807, 2.05) is 68.4 Å². The Kier molecular flexibility index (Phi) is 4.96. The maximum absolute atomic E-state index is 11.6. The van der Waals surface area contributed by atoms with Crippen LogP contribution in [0.2, 0.25) is 0 Å². The van der Waals surface area contributed by atoms with Gasteiger partial charge in [-0.2, -0.15) is 4.98 Å². The van der Waals surface area contributed by atoms with Gasteiger partial charge in [-0.05, 0) is 59.9 Å². The molecular weight excluding hydrogens is 440 g/mol. The number of hydrogen-bond acceptors (Lipinski definition) is 5. The van der Waals surface area contributed by atoms with Crippen LogP contribution >= 0.6 is 23.8 Å². The Bertz CT molecular complexity index is 1540. The number of nitrogens with one attached hydrogen (secondary N) is 2. The van der Waals surface area contributed by atoms with E-state index in [9.17, 15) is 9.90 Å². The zero-order chi connectivity index (χ0) is 22.4. The van der Waals surface area contributed by atoms with E-state index >= 15 is 0 Å². The molecule has 0 unspecified atom stereocenters. The van der Waals surface area contributed by atoms with E-state index in [1.165, 1.54) is 0 Å².